The Labute approximate surface area is 122 Å². The van der Waals surface area contributed by atoms with Gasteiger partial charge in [-0.1, -0.05) is 30.3 Å². The molecule has 7 nitrogen and oxygen atoms in total. The maximum atomic E-state index is 11.9. The number of rotatable bonds is 5. The fraction of sp³-hybridized carbons (Fsp3) is 0.385. The Morgan fingerprint density at radius 2 is 2.00 bits per heavy atom. The second-order valence-corrected chi connectivity index (χ2v) is 6.74. The van der Waals surface area contributed by atoms with Crippen molar-refractivity contribution < 1.29 is 23.1 Å². The number of aliphatic carboxylic acids is 1. The number of benzene rings is 1. The maximum Gasteiger partial charge on any atom is 0.326 e. The van der Waals surface area contributed by atoms with Crippen molar-refractivity contribution in [1.82, 2.24) is 10.0 Å². The van der Waals surface area contributed by atoms with E-state index in [-0.39, 0.29) is 18.6 Å². The molecule has 0 radical (unpaired) electrons. The number of carbonyl (C=O) groups is 2. The zero-order chi connectivity index (χ0) is 15.5. The minimum absolute atomic E-state index is 0.124. The lowest BCUT2D eigenvalue weighted by Crippen LogP contribution is -2.49. The molecule has 114 valence electrons. The van der Waals surface area contributed by atoms with E-state index >= 15 is 0 Å². The number of amides is 1. The van der Waals surface area contributed by atoms with E-state index in [9.17, 15) is 23.1 Å². The second kappa shape index (κ2) is 6.23. The monoisotopic (exact) mass is 312 g/mol. The summed E-state index contributed by atoms with van der Waals surface area (Å²) in [6.45, 7) is 0. The first-order valence-electron chi connectivity index (χ1n) is 6.44. The summed E-state index contributed by atoms with van der Waals surface area (Å²) in [5, 5.41) is 11.6. The highest BCUT2D eigenvalue weighted by molar-refractivity contribution is 7.89. The van der Waals surface area contributed by atoms with Crippen molar-refractivity contribution in [3.8, 4) is 0 Å². The highest BCUT2D eigenvalue weighted by Gasteiger charge is 2.33. The molecule has 1 aliphatic heterocycles. The Morgan fingerprint density at radius 3 is 2.52 bits per heavy atom. The molecule has 1 saturated heterocycles. The van der Waals surface area contributed by atoms with Gasteiger partial charge in [0.15, 0.2) is 0 Å². The van der Waals surface area contributed by atoms with Crippen LogP contribution in [-0.4, -0.2) is 43.2 Å². The summed E-state index contributed by atoms with van der Waals surface area (Å²) in [4.78, 5) is 23.2. The highest BCUT2D eigenvalue weighted by Crippen LogP contribution is 2.09. The van der Waals surface area contributed by atoms with Crippen LogP contribution >= 0.6 is 0 Å². The van der Waals surface area contributed by atoms with E-state index in [2.05, 4.69) is 10.0 Å². The molecule has 2 atom stereocenters. The van der Waals surface area contributed by atoms with Gasteiger partial charge in [-0.15, -0.1) is 0 Å². The van der Waals surface area contributed by atoms with Gasteiger partial charge in [0, 0.05) is 6.42 Å². The number of hydrogen-bond donors (Lipinski definition) is 3. The number of carboxylic acid groups (broad SMARTS) is 1. The highest BCUT2D eigenvalue weighted by atomic mass is 32.2. The summed E-state index contributed by atoms with van der Waals surface area (Å²) in [7, 11) is -3.41. The maximum absolute atomic E-state index is 11.9. The van der Waals surface area contributed by atoms with Crippen molar-refractivity contribution in [2.75, 3.05) is 5.75 Å². The number of carboxylic acids is 1. The van der Waals surface area contributed by atoms with Crippen LogP contribution in [0.25, 0.3) is 0 Å². The van der Waals surface area contributed by atoms with Crippen molar-refractivity contribution in [2.24, 2.45) is 0 Å². The molecule has 1 aliphatic rings. The van der Waals surface area contributed by atoms with E-state index in [1.54, 1.807) is 24.3 Å². The van der Waals surface area contributed by atoms with Gasteiger partial charge in [-0.05, 0) is 12.0 Å². The predicted octanol–water partition coefficient (Wildman–Crippen LogP) is -0.510. The molecule has 0 spiro atoms. The smallest absolute Gasteiger partial charge is 0.326 e. The summed E-state index contributed by atoms with van der Waals surface area (Å²) in [6.07, 6.45) is 0.285. The van der Waals surface area contributed by atoms with Crippen molar-refractivity contribution in [1.29, 1.82) is 0 Å². The lowest BCUT2D eigenvalue weighted by atomic mass is 10.1. The normalized spacial score (nSPS) is 21.6. The molecule has 8 heteroatoms. The van der Waals surface area contributed by atoms with Gasteiger partial charge in [-0.3, -0.25) is 4.79 Å². The number of carbonyl (C=O) groups excluding carboxylic acids is 1. The van der Waals surface area contributed by atoms with Crippen LogP contribution in [0.15, 0.2) is 30.3 Å². The Morgan fingerprint density at radius 1 is 1.33 bits per heavy atom. The van der Waals surface area contributed by atoms with E-state index in [1.165, 1.54) is 0 Å². The van der Waals surface area contributed by atoms with Crippen LogP contribution in [-0.2, 0) is 26.0 Å². The Balaban J connectivity index is 2.00. The summed E-state index contributed by atoms with van der Waals surface area (Å²) < 4.78 is 24.7. The quantitative estimate of drug-likeness (QED) is 0.678. The molecular weight excluding hydrogens is 296 g/mol. The van der Waals surface area contributed by atoms with Crippen molar-refractivity contribution in [3.63, 3.8) is 0 Å². The molecule has 1 aromatic carbocycles. The first-order chi connectivity index (χ1) is 9.87. The summed E-state index contributed by atoms with van der Waals surface area (Å²) in [5.74, 6) is -1.89. The Hall–Kier alpha value is -1.93. The predicted molar refractivity (Wildman–Crippen MR) is 75.0 cm³/mol. The lowest BCUT2D eigenvalue weighted by molar-refractivity contribution is -0.142. The average molecular weight is 312 g/mol. The van der Waals surface area contributed by atoms with Crippen LogP contribution in [0.4, 0.5) is 0 Å². The number of nitrogens with one attached hydrogen (secondary N) is 2. The summed E-state index contributed by atoms with van der Waals surface area (Å²) in [5.41, 5.74) is 0.775. The first kappa shape index (κ1) is 15.5. The molecule has 1 aromatic rings. The van der Waals surface area contributed by atoms with Gasteiger partial charge in [0.1, 0.15) is 12.1 Å². The topological polar surface area (TPSA) is 113 Å². The number of sulfonamides is 1. The molecule has 0 saturated carbocycles. The zero-order valence-corrected chi connectivity index (χ0v) is 12.0. The van der Waals surface area contributed by atoms with Gasteiger partial charge in [0.05, 0.1) is 5.75 Å². The molecule has 1 heterocycles. The van der Waals surface area contributed by atoms with E-state index in [4.69, 9.17) is 0 Å². The van der Waals surface area contributed by atoms with Gasteiger partial charge >= 0.3 is 5.97 Å². The largest absolute Gasteiger partial charge is 0.480 e. The molecule has 0 aromatic heterocycles. The van der Waals surface area contributed by atoms with E-state index < -0.39 is 34.0 Å². The van der Waals surface area contributed by atoms with E-state index in [1.807, 2.05) is 6.07 Å². The van der Waals surface area contributed by atoms with Crippen LogP contribution in [0, 0.1) is 0 Å². The fourth-order valence-electron chi connectivity index (χ4n) is 2.11. The summed E-state index contributed by atoms with van der Waals surface area (Å²) >= 11 is 0. The molecule has 1 amide bonds. The molecule has 0 aliphatic carbocycles. The van der Waals surface area contributed by atoms with Crippen LogP contribution in [0.2, 0.25) is 0 Å². The Bertz CT molecular complexity index is 629. The molecule has 2 rings (SSSR count). The van der Waals surface area contributed by atoms with E-state index in [0.29, 0.717) is 0 Å². The Kier molecular flexibility index (Phi) is 4.59. The van der Waals surface area contributed by atoms with Gasteiger partial charge in [0.2, 0.25) is 15.9 Å². The number of hydrogen-bond acceptors (Lipinski definition) is 4. The molecule has 0 bridgehead atoms. The van der Waals surface area contributed by atoms with Gasteiger partial charge in [-0.25, -0.2) is 17.9 Å². The third kappa shape index (κ3) is 4.27. The van der Waals surface area contributed by atoms with Gasteiger partial charge in [0.25, 0.3) is 0 Å². The first-order valence-corrected chi connectivity index (χ1v) is 8.10. The lowest BCUT2D eigenvalue weighted by Gasteiger charge is -2.17. The SMILES string of the molecule is O=C(N[C@H](Cc1ccccc1)C(=O)O)C1CCS(=O)(=O)N1. The standard InChI is InChI=1S/C13H16N2O5S/c16-12(10-6-7-21(19,20)15-10)14-11(13(17)18)8-9-4-2-1-3-5-9/h1-5,10-11,15H,6-8H2,(H,14,16)(H,17,18)/t10?,11-/m1/s1. The minimum atomic E-state index is -3.41. The van der Waals surface area contributed by atoms with Crippen molar-refractivity contribution >= 4 is 21.9 Å². The van der Waals surface area contributed by atoms with E-state index in [0.717, 1.165) is 5.56 Å². The third-order valence-electron chi connectivity index (χ3n) is 3.21. The van der Waals surface area contributed by atoms with Crippen molar-refractivity contribution in [2.45, 2.75) is 24.9 Å². The van der Waals surface area contributed by atoms with Gasteiger partial charge < -0.3 is 10.4 Å². The third-order valence-corrected chi connectivity index (χ3v) is 4.63. The molecular formula is C13H16N2O5S. The van der Waals surface area contributed by atoms with Crippen LogP contribution < -0.4 is 10.0 Å². The molecule has 3 N–H and O–H groups in total. The van der Waals surface area contributed by atoms with Crippen LogP contribution in [0.3, 0.4) is 0 Å². The molecule has 21 heavy (non-hydrogen) atoms. The average Bonchev–Trinajstić information content (AvgIpc) is 2.79. The van der Waals surface area contributed by atoms with Crippen LogP contribution in [0.5, 0.6) is 0 Å². The zero-order valence-electron chi connectivity index (χ0n) is 11.2. The van der Waals surface area contributed by atoms with Crippen LogP contribution in [0.1, 0.15) is 12.0 Å². The van der Waals surface area contributed by atoms with Gasteiger partial charge in [-0.2, -0.15) is 0 Å². The van der Waals surface area contributed by atoms with Crippen molar-refractivity contribution in [3.05, 3.63) is 35.9 Å². The minimum Gasteiger partial charge on any atom is -0.480 e. The second-order valence-electron chi connectivity index (χ2n) is 4.87. The summed E-state index contributed by atoms with van der Waals surface area (Å²) in [6, 6.07) is 6.91. The fourth-order valence-corrected chi connectivity index (χ4v) is 3.44. The molecule has 1 unspecified atom stereocenters. The molecule has 1 fully saturated rings.